The van der Waals surface area contributed by atoms with Crippen molar-refractivity contribution in [1.29, 1.82) is 5.26 Å². The Bertz CT molecular complexity index is 224. The fourth-order valence-electron chi connectivity index (χ4n) is 2.22. The van der Waals surface area contributed by atoms with Crippen molar-refractivity contribution in [3.8, 4) is 6.07 Å². The molecular formula is C11H18N2O. The Morgan fingerprint density at radius 3 is 2.50 bits per heavy atom. The van der Waals surface area contributed by atoms with E-state index in [2.05, 4.69) is 11.0 Å². The zero-order chi connectivity index (χ0) is 9.86. The Balaban J connectivity index is 1.73. The van der Waals surface area contributed by atoms with E-state index in [1.807, 2.05) is 0 Å². The highest BCUT2D eigenvalue weighted by atomic mass is 16.5. The maximum Gasteiger partial charge on any atom is 0.0690 e. The number of nitrogens with zero attached hydrogens (tertiary/aromatic N) is 2. The molecule has 0 bridgehead atoms. The average Bonchev–Trinajstić information content (AvgIpc) is 2.19. The molecule has 2 aliphatic rings. The molecule has 0 unspecified atom stereocenters. The maximum atomic E-state index is 9.07. The van der Waals surface area contributed by atoms with Gasteiger partial charge in [0.1, 0.15) is 0 Å². The quantitative estimate of drug-likeness (QED) is 0.681. The number of ether oxygens (including phenoxy) is 1. The van der Waals surface area contributed by atoms with E-state index < -0.39 is 0 Å². The minimum absolute atomic E-state index is 0.0400. The highest BCUT2D eigenvalue weighted by molar-refractivity contribution is 5.04. The molecule has 78 valence electrons. The lowest BCUT2D eigenvalue weighted by Crippen LogP contribution is -2.40. The maximum absolute atomic E-state index is 9.07. The van der Waals surface area contributed by atoms with Gasteiger partial charge in [0.25, 0.3) is 0 Å². The van der Waals surface area contributed by atoms with Crippen molar-refractivity contribution in [2.24, 2.45) is 5.41 Å². The normalized spacial score (nSPS) is 26.5. The summed E-state index contributed by atoms with van der Waals surface area (Å²) in [5.74, 6) is 0. The molecule has 0 amide bonds. The third-order valence-corrected chi connectivity index (χ3v) is 3.56. The van der Waals surface area contributed by atoms with Crippen molar-refractivity contribution in [2.45, 2.75) is 25.7 Å². The summed E-state index contributed by atoms with van der Waals surface area (Å²) in [6.45, 7) is 4.89. The Morgan fingerprint density at radius 1 is 1.29 bits per heavy atom. The van der Waals surface area contributed by atoms with Gasteiger partial charge in [-0.05, 0) is 25.8 Å². The molecule has 0 spiro atoms. The van der Waals surface area contributed by atoms with Crippen molar-refractivity contribution < 1.29 is 4.74 Å². The van der Waals surface area contributed by atoms with E-state index in [-0.39, 0.29) is 5.41 Å². The lowest BCUT2D eigenvalue weighted by Gasteiger charge is -2.37. The third kappa shape index (κ3) is 2.08. The summed E-state index contributed by atoms with van der Waals surface area (Å²) in [5, 5.41) is 9.07. The predicted octanol–water partition coefficient (Wildman–Crippen LogP) is 1.40. The first kappa shape index (κ1) is 9.95. The van der Waals surface area contributed by atoms with Gasteiger partial charge in [0.2, 0.25) is 0 Å². The second-order valence-corrected chi connectivity index (χ2v) is 4.45. The van der Waals surface area contributed by atoms with Crippen LogP contribution < -0.4 is 0 Å². The second-order valence-electron chi connectivity index (χ2n) is 4.45. The molecule has 0 aromatic heterocycles. The molecule has 14 heavy (non-hydrogen) atoms. The van der Waals surface area contributed by atoms with Crippen LogP contribution in [0.2, 0.25) is 0 Å². The van der Waals surface area contributed by atoms with Crippen molar-refractivity contribution in [3.63, 3.8) is 0 Å². The van der Waals surface area contributed by atoms with Crippen LogP contribution in [0.1, 0.15) is 25.7 Å². The molecule has 1 aliphatic carbocycles. The van der Waals surface area contributed by atoms with Gasteiger partial charge < -0.3 is 4.74 Å². The van der Waals surface area contributed by atoms with Gasteiger partial charge in [-0.1, -0.05) is 6.42 Å². The Labute approximate surface area is 85.6 Å². The summed E-state index contributed by atoms with van der Waals surface area (Å²) >= 11 is 0. The van der Waals surface area contributed by atoms with Crippen LogP contribution in [0.3, 0.4) is 0 Å². The minimum Gasteiger partial charge on any atom is -0.379 e. The molecule has 1 saturated carbocycles. The molecule has 2 fully saturated rings. The van der Waals surface area contributed by atoms with Crippen LogP contribution in [0.4, 0.5) is 0 Å². The summed E-state index contributed by atoms with van der Waals surface area (Å²) in [6, 6.07) is 2.50. The van der Waals surface area contributed by atoms with E-state index in [1.165, 1.54) is 6.42 Å². The number of nitriles is 1. The molecule has 1 saturated heterocycles. The molecule has 0 aromatic carbocycles. The van der Waals surface area contributed by atoms with Crippen LogP contribution in [0, 0.1) is 16.7 Å². The molecule has 1 aliphatic heterocycles. The number of hydrogen-bond acceptors (Lipinski definition) is 3. The largest absolute Gasteiger partial charge is 0.379 e. The first-order chi connectivity index (χ1) is 6.85. The van der Waals surface area contributed by atoms with Gasteiger partial charge in [0, 0.05) is 13.1 Å². The number of hydrogen-bond donors (Lipinski definition) is 0. The average molecular weight is 194 g/mol. The minimum atomic E-state index is 0.0400. The summed E-state index contributed by atoms with van der Waals surface area (Å²) in [6.07, 6.45) is 4.54. The molecule has 0 atom stereocenters. The smallest absolute Gasteiger partial charge is 0.0690 e. The summed E-state index contributed by atoms with van der Waals surface area (Å²) in [5.41, 5.74) is 0.0400. The number of rotatable bonds is 3. The highest BCUT2D eigenvalue weighted by Gasteiger charge is 2.37. The molecule has 3 nitrogen and oxygen atoms in total. The van der Waals surface area contributed by atoms with Crippen LogP contribution >= 0.6 is 0 Å². The Hall–Kier alpha value is -0.590. The van der Waals surface area contributed by atoms with E-state index in [9.17, 15) is 0 Å². The molecule has 0 aromatic rings. The van der Waals surface area contributed by atoms with Gasteiger partial charge >= 0.3 is 0 Å². The van der Waals surface area contributed by atoms with E-state index in [4.69, 9.17) is 10.00 Å². The van der Waals surface area contributed by atoms with Gasteiger partial charge in [-0.15, -0.1) is 0 Å². The van der Waals surface area contributed by atoms with Crippen LogP contribution in [0.15, 0.2) is 0 Å². The summed E-state index contributed by atoms with van der Waals surface area (Å²) in [7, 11) is 0. The topological polar surface area (TPSA) is 36.3 Å². The molecule has 1 heterocycles. The summed E-state index contributed by atoms with van der Waals surface area (Å²) in [4.78, 5) is 2.42. The second kappa shape index (κ2) is 4.29. The van der Waals surface area contributed by atoms with E-state index in [0.717, 1.165) is 52.1 Å². The first-order valence-electron chi connectivity index (χ1n) is 5.56. The SMILES string of the molecule is N#CC1(CCN2CCOCC2)CCC1. The van der Waals surface area contributed by atoms with Crippen LogP contribution in [0.25, 0.3) is 0 Å². The van der Waals surface area contributed by atoms with Crippen LogP contribution in [0.5, 0.6) is 0 Å². The molecular weight excluding hydrogens is 176 g/mol. The summed E-state index contributed by atoms with van der Waals surface area (Å²) < 4.78 is 5.29. The predicted molar refractivity (Wildman–Crippen MR) is 53.8 cm³/mol. The zero-order valence-corrected chi connectivity index (χ0v) is 8.67. The van der Waals surface area contributed by atoms with Crippen molar-refractivity contribution in [3.05, 3.63) is 0 Å². The molecule has 0 radical (unpaired) electrons. The van der Waals surface area contributed by atoms with Gasteiger partial charge in [0.05, 0.1) is 24.7 Å². The van der Waals surface area contributed by atoms with Crippen molar-refractivity contribution >= 4 is 0 Å². The van der Waals surface area contributed by atoms with Gasteiger partial charge in [-0.25, -0.2) is 0 Å². The van der Waals surface area contributed by atoms with Crippen LogP contribution in [-0.2, 0) is 4.74 Å². The van der Waals surface area contributed by atoms with E-state index in [1.54, 1.807) is 0 Å². The van der Waals surface area contributed by atoms with Gasteiger partial charge in [0.15, 0.2) is 0 Å². The molecule has 3 heteroatoms. The third-order valence-electron chi connectivity index (χ3n) is 3.56. The molecule has 2 rings (SSSR count). The lowest BCUT2D eigenvalue weighted by atomic mass is 9.68. The fourth-order valence-corrected chi connectivity index (χ4v) is 2.22. The fraction of sp³-hybridized carbons (Fsp3) is 0.909. The van der Waals surface area contributed by atoms with E-state index in [0.29, 0.717) is 0 Å². The first-order valence-corrected chi connectivity index (χ1v) is 5.56. The van der Waals surface area contributed by atoms with Crippen LogP contribution in [-0.4, -0.2) is 37.7 Å². The van der Waals surface area contributed by atoms with Crippen molar-refractivity contribution in [1.82, 2.24) is 4.90 Å². The highest BCUT2D eigenvalue weighted by Crippen LogP contribution is 2.43. The molecule has 0 N–H and O–H groups in total. The van der Waals surface area contributed by atoms with Gasteiger partial charge in [-0.2, -0.15) is 5.26 Å². The van der Waals surface area contributed by atoms with Gasteiger partial charge in [-0.3, -0.25) is 4.90 Å². The Kier molecular flexibility index (Phi) is 3.05. The van der Waals surface area contributed by atoms with Crippen molar-refractivity contribution in [2.75, 3.05) is 32.8 Å². The lowest BCUT2D eigenvalue weighted by molar-refractivity contribution is 0.0293. The van der Waals surface area contributed by atoms with E-state index >= 15 is 0 Å². The monoisotopic (exact) mass is 194 g/mol. The standard InChI is InChI=1S/C11H18N2O/c12-10-11(2-1-3-11)4-5-13-6-8-14-9-7-13/h1-9H2. The number of morpholine rings is 1. The zero-order valence-electron chi connectivity index (χ0n) is 8.67. The Morgan fingerprint density at radius 2 is 2.00 bits per heavy atom.